The third kappa shape index (κ3) is 3.68. The molecule has 0 unspecified atom stereocenters. The topological polar surface area (TPSA) is 163 Å². The van der Waals surface area contributed by atoms with Gasteiger partial charge >= 0.3 is 0 Å². The van der Waals surface area contributed by atoms with Gasteiger partial charge < -0.3 is 17.2 Å². The maximum Gasteiger partial charge on any atom is 0.241 e. The van der Waals surface area contributed by atoms with E-state index in [1.165, 1.54) is 12.1 Å². The Hall–Kier alpha value is -1.65. The molecular formula is C8H11BrN6O2S. The first-order valence-electron chi connectivity index (χ1n) is 4.47. The van der Waals surface area contributed by atoms with Gasteiger partial charge in [-0.05, 0) is 28.1 Å². The zero-order valence-corrected chi connectivity index (χ0v) is 11.4. The maximum absolute atomic E-state index is 11.4. The predicted octanol–water partition coefficient (Wildman–Crippen LogP) is -0.684. The molecule has 0 aliphatic rings. The van der Waals surface area contributed by atoms with E-state index in [9.17, 15) is 8.42 Å². The van der Waals surface area contributed by atoms with Crippen LogP contribution < -0.4 is 22.3 Å². The molecule has 0 heterocycles. The second-order valence-electron chi connectivity index (χ2n) is 3.14. The third-order valence-corrected chi connectivity index (χ3v) is 3.63. The van der Waals surface area contributed by atoms with Crippen LogP contribution in [0.15, 0.2) is 37.6 Å². The van der Waals surface area contributed by atoms with Crippen molar-refractivity contribution in [3.8, 4) is 0 Å². The van der Waals surface area contributed by atoms with Gasteiger partial charge in [0, 0.05) is 4.47 Å². The summed E-state index contributed by atoms with van der Waals surface area (Å²) in [5, 5.41) is 5.08. The zero-order chi connectivity index (χ0) is 13.9. The highest BCUT2D eigenvalue weighted by atomic mass is 79.9. The lowest BCUT2D eigenvalue weighted by atomic mass is 10.3. The summed E-state index contributed by atoms with van der Waals surface area (Å²) < 4.78 is 23.1. The summed E-state index contributed by atoms with van der Waals surface area (Å²) in [6, 6.07) is 4.50. The normalized spacial score (nSPS) is 12.2. The molecule has 0 saturated carbocycles. The van der Waals surface area contributed by atoms with Crippen LogP contribution in [0.3, 0.4) is 0 Å². The number of benzene rings is 1. The average molecular weight is 335 g/mol. The lowest BCUT2D eigenvalue weighted by Gasteiger charge is -2.05. The first-order chi connectivity index (χ1) is 8.21. The number of sulfonamides is 1. The fraction of sp³-hybridized carbons (Fsp3) is 0. The second kappa shape index (κ2) is 5.33. The number of aliphatic imine (C=N–C) groups is 2. The molecule has 0 aliphatic heterocycles. The molecule has 0 aromatic heterocycles. The van der Waals surface area contributed by atoms with E-state index in [2.05, 4.69) is 25.9 Å². The molecular weight excluding hydrogens is 324 g/mol. The van der Waals surface area contributed by atoms with Crippen molar-refractivity contribution < 1.29 is 8.42 Å². The molecule has 0 bridgehead atoms. The van der Waals surface area contributed by atoms with Crippen LogP contribution in [0.25, 0.3) is 0 Å². The van der Waals surface area contributed by atoms with Crippen LogP contribution in [0, 0.1) is 0 Å². The molecule has 0 amide bonds. The molecule has 8 nitrogen and oxygen atoms in total. The van der Waals surface area contributed by atoms with Gasteiger partial charge in [-0.1, -0.05) is 6.07 Å². The molecule has 18 heavy (non-hydrogen) atoms. The van der Waals surface area contributed by atoms with Crippen LogP contribution in [-0.4, -0.2) is 20.3 Å². The highest BCUT2D eigenvalue weighted by Gasteiger charge is 2.17. The molecule has 1 rings (SSSR count). The van der Waals surface area contributed by atoms with E-state index >= 15 is 0 Å². The smallest absolute Gasteiger partial charge is 0.241 e. The van der Waals surface area contributed by atoms with Gasteiger partial charge in [-0.2, -0.15) is 4.99 Å². The Morgan fingerprint density at radius 2 is 1.83 bits per heavy atom. The number of hydrogen-bond acceptors (Lipinski definition) is 3. The summed E-state index contributed by atoms with van der Waals surface area (Å²) in [6.45, 7) is 0. The van der Waals surface area contributed by atoms with E-state index in [0.717, 1.165) is 0 Å². The average Bonchev–Trinajstić information content (AvgIpc) is 2.13. The Bertz CT molecular complexity index is 620. The number of nitrogens with two attached hydrogens (primary N) is 4. The van der Waals surface area contributed by atoms with E-state index in [4.69, 9.17) is 22.3 Å². The van der Waals surface area contributed by atoms with Crippen molar-refractivity contribution in [3.63, 3.8) is 0 Å². The summed E-state index contributed by atoms with van der Waals surface area (Å²) >= 11 is 3.07. The van der Waals surface area contributed by atoms with E-state index in [1.54, 1.807) is 6.07 Å². The second-order valence-corrected chi connectivity index (χ2v) is 5.49. The van der Waals surface area contributed by atoms with Crippen molar-refractivity contribution in [2.45, 2.75) is 4.90 Å². The van der Waals surface area contributed by atoms with Crippen molar-refractivity contribution in [3.05, 3.63) is 22.7 Å². The molecule has 1 aromatic rings. The first kappa shape index (κ1) is 14.4. The summed E-state index contributed by atoms with van der Waals surface area (Å²) in [4.78, 5) is 7.06. The van der Waals surface area contributed by atoms with E-state index in [-0.39, 0.29) is 27.0 Å². The zero-order valence-electron chi connectivity index (χ0n) is 9.04. The highest BCUT2D eigenvalue weighted by molar-refractivity contribution is 9.10. The maximum atomic E-state index is 11.4. The van der Waals surface area contributed by atoms with Crippen LogP contribution in [0.4, 0.5) is 5.69 Å². The molecule has 0 fully saturated rings. The number of nitrogens with zero attached hydrogens (tertiary/aromatic N) is 2. The minimum Gasteiger partial charge on any atom is -0.370 e. The number of rotatable bonds is 2. The molecule has 0 spiro atoms. The molecule has 0 radical (unpaired) electrons. The lowest BCUT2D eigenvalue weighted by molar-refractivity contribution is 0.597. The van der Waals surface area contributed by atoms with E-state index in [0.29, 0.717) is 0 Å². The van der Waals surface area contributed by atoms with Crippen molar-refractivity contribution in [2.75, 3.05) is 0 Å². The molecule has 0 atom stereocenters. The standard InChI is InChI=1S/C8H11BrN6O2S/c9-4-2-1-3-5(6(4)18(13,16)17)14-8(12)15-7(10)11/h1-3H,(H2,13,16,17)(H6,10,11,12,14,15). The number of hydrogen-bond donors (Lipinski definition) is 4. The SMILES string of the molecule is NC(N)=NC(N)=Nc1cccc(Br)c1S(N)(=O)=O. The highest BCUT2D eigenvalue weighted by Crippen LogP contribution is 2.30. The Kier molecular flexibility index (Phi) is 4.27. The van der Waals surface area contributed by atoms with Crippen LogP contribution in [0.5, 0.6) is 0 Å². The van der Waals surface area contributed by atoms with Crippen molar-refractivity contribution in [1.82, 2.24) is 0 Å². The van der Waals surface area contributed by atoms with Crippen LogP contribution in [0.2, 0.25) is 0 Å². The summed E-state index contributed by atoms with van der Waals surface area (Å²) in [7, 11) is -3.96. The van der Waals surface area contributed by atoms with Gasteiger partial charge in [0.1, 0.15) is 4.90 Å². The molecule has 0 saturated heterocycles. The molecule has 1 aromatic carbocycles. The minimum atomic E-state index is -3.96. The minimum absolute atomic E-state index is 0.0365. The fourth-order valence-electron chi connectivity index (χ4n) is 1.15. The monoisotopic (exact) mass is 334 g/mol. The van der Waals surface area contributed by atoms with E-state index < -0.39 is 10.0 Å². The Labute approximate surface area is 112 Å². The number of primary sulfonamides is 1. The van der Waals surface area contributed by atoms with Gasteiger partial charge in [-0.3, -0.25) is 0 Å². The first-order valence-corrected chi connectivity index (χ1v) is 6.81. The van der Waals surface area contributed by atoms with Crippen LogP contribution >= 0.6 is 15.9 Å². The Balaban J connectivity index is 3.44. The molecule has 0 aliphatic carbocycles. The molecule has 8 N–H and O–H groups in total. The Morgan fingerprint density at radius 3 is 2.33 bits per heavy atom. The lowest BCUT2D eigenvalue weighted by Crippen LogP contribution is -2.26. The summed E-state index contributed by atoms with van der Waals surface area (Å²) in [5.74, 6) is -0.568. The van der Waals surface area contributed by atoms with Gasteiger partial charge in [0.15, 0.2) is 5.96 Å². The van der Waals surface area contributed by atoms with Gasteiger partial charge in [0.25, 0.3) is 0 Å². The third-order valence-electron chi connectivity index (χ3n) is 1.71. The van der Waals surface area contributed by atoms with Gasteiger partial charge in [0.05, 0.1) is 5.69 Å². The quantitative estimate of drug-likeness (QED) is 0.415. The molecule has 98 valence electrons. The van der Waals surface area contributed by atoms with Crippen LogP contribution in [0.1, 0.15) is 0 Å². The van der Waals surface area contributed by atoms with Crippen molar-refractivity contribution >= 4 is 43.6 Å². The fourth-order valence-corrected chi connectivity index (χ4v) is 2.93. The molecule has 10 heteroatoms. The number of halogens is 1. The Morgan fingerprint density at radius 1 is 1.22 bits per heavy atom. The largest absolute Gasteiger partial charge is 0.370 e. The summed E-state index contributed by atoms with van der Waals surface area (Å²) in [6.07, 6.45) is 0. The van der Waals surface area contributed by atoms with Gasteiger partial charge in [-0.15, -0.1) is 0 Å². The van der Waals surface area contributed by atoms with Gasteiger partial charge in [0.2, 0.25) is 16.0 Å². The van der Waals surface area contributed by atoms with E-state index in [1.807, 2.05) is 0 Å². The number of guanidine groups is 2. The predicted molar refractivity (Wildman–Crippen MR) is 72.6 cm³/mol. The van der Waals surface area contributed by atoms with Crippen LogP contribution in [-0.2, 0) is 10.0 Å². The van der Waals surface area contributed by atoms with Crippen molar-refractivity contribution in [2.24, 2.45) is 32.3 Å². The van der Waals surface area contributed by atoms with Gasteiger partial charge in [-0.25, -0.2) is 18.5 Å². The summed E-state index contributed by atoms with van der Waals surface area (Å²) in [5.41, 5.74) is 15.7. The van der Waals surface area contributed by atoms with Crippen molar-refractivity contribution in [1.29, 1.82) is 0 Å².